The first kappa shape index (κ1) is 17.7. The lowest BCUT2D eigenvalue weighted by atomic mass is 10.1. The van der Waals surface area contributed by atoms with Crippen LogP contribution < -0.4 is 5.73 Å². The highest BCUT2D eigenvalue weighted by atomic mass is 35.5. The maximum Gasteiger partial charge on any atom is 0.338 e. The molecule has 0 aromatic heterocycles. The Morgan fingerprint density at radius 3 is 2.29 bits per heavy atom. The molecule has 2 aromatic rings. The van der Waals surface area contributed by atoms with Crippen LogP contribution in [-0.4, -0.2) is 29.6 Å². The summed E-state index contributed by atoms with van der Waals surface area (Å²) in [5.74, 6) is -0.412. The zero-order chi connectivity index (χ0) is 17.5. The average molecular weight is 345 g/mol. The SMILES string of the molecule is CC(OC(=O)c1ccc(N=C(N)CCl)cc1)C(=O)c1ccccc1. The van der Waals surface area contributed by atoms with E-state index >= 15 is 0 Å². The molecule has 2 aromatic carbocycles. The molecule has 0 amide bonds. The van der Waals surface area contributed by atoms with Crippen LogP contribution in [0.5, 0.6) is 0 Å². The number of esters is 1. The molecule has 0 saturated heterocycles. The van der Waals surface area contributed by atoms with Gasteiger partial charge in [-0.25, -0.2) is 9.79 Å². The number of rotatable bonds is 6. The van der Waals surface area contributed by atoms with Crippen LogP contribution in [0.3, 0.4) is 0 Å². The van der Waals surface area contributed by atoms with E-state index in [-0.39, 0.29) is 17.5 Å². The van der Waals surface area contributed by atoms with Gasteiger partial charge in [-0.05, 0) is 31.2 Å². The van der Waals surface area contributed by atoms with Gasteiger partial charge in [-0.15, -0.1) is 11.6 Å². The van der Waals surface area contributed by atoms with Crippen molar-refractivity contribution in [1.29, 1.82) is 0 Å². The first-order valence-corrected chi connectivity index (χ1v) is 7.84. The predicted molar refractivity (Wildman–Crippen MR) is 94.1 cm³/mol. The zero-order valence-electron chi connectivity index (χ0n) is 13.1. The molecule has 0 saturated carbocycles. The molecule has 1 atom stereocenters. The van der Waals surface area contributed by atoms with E-state index in [2.05, 4.69) is 4.99 Å². The third-order valence-electron chi connectivity index (χ3n) is 3.22. The molecular formula is C18H17ClN2O3. The molecule has 5 nitrogen and oxygen atoms in total. The number of halogens is 1. The van der Waals surface area contributed by atoms with E-state index in [1.165, 1.54) is 0 Å². The number of benzene rings is 2. The van der Waals surface area contributed by atoms with Crippen LogP contribution in [0.1, 0.15) is 27.6 Å². The molecule has 2 N–H and O–H groups in total. The number of hydrogen-bond donors (Lipinski definition) is 1. The number of ether oxygens (including phenoxy) is 1. The lowest BCUT2D eigenvalue weighted by molar-refractivity contribution is 0.0319. The van der Waals surface area contributed by atoms with E-state index in [4.69, 9.17) is 22.1 Å². The smallest absolute Gasteiger partial charge is 0.338 e. The van der Waals surface area contributed by atoms with E-state index in [1.807, 2.05) is 6.07 Å². The number of ketones is 1. The summed E-state index contributed by atoms with van der Waals surface area (Å²) in [6.07, 6.45) is -0.871. The third kappa shape index (κ3) is 4.67. The summed E-state index contributed by atoms with van der Waals surface area (Å²) in [6, 6.07) is 15.1. The minimum absolute atomic E-state index is 0.128. The fourth-order valence-electron chi connectivity index (χ4n) is 1.99. The van der Waals surface area contributed by atoms with Crippen LogP contribution in [-0.2, 0) is 4.74 Å². The molecule has 0 aliphatic carbocycles. The standard InChI is InChI=1S/C18H17ClN2O3/c1-12(17(22)13-5-3-2-4-6-13)24-18(23)14-7-9-15(10-8-14)21-16(20)11-19/h2-10,12H,11H2,1H3,(H2,20,21). The summed E-state index contributed by atoms with van der Waals surface area (Å²) < 4.78 is 5.22. The Balaban J connectivity index is 2.03. The second kappa shape index (κ2) is 8.26. The fourth-order valence-corrected chi connectivity index (χ4v) is 2.05. The van der Waals surface area contributed by atoms with Gasteiger partial charge in [-0.3, -0.25) is 4.79 Å². The highest BCUT2D eigenvalue weighted by molar-refractivity contribution is 6.28. The summed E-state index contributed by atoms with van der Waals surface area (Å²) >= 11 is 5.56. The van der Waals surface area contributed by atoms with Crippen LogP contribution in [0.15, 0.2) is 59.6 Å². The largest absolute Gasteiger partial charge is 0.451 e. The van der Waals surface area contributed by atoms with Crippen LogP contribution in [0, 0.1) is 0 Å². The number of nitrogens with zero attached hydrogens (tertiary/aromatic N) is 1. The molecule has 0 heterocycles. The number of alkyl halides is 1. The minimum Gasteiger partial charge on any atom is -0.451 e. The highest BCUT2D eigenvalue weighted by Crippen LogP contribution is 2.15. The molecule has 0 aliphatic rings. The number of carbonyl (C=O) groups is 2. The zero-order valence-corrected chi connectivity index (χ0v) is 13.9. The monoisotopic (exact) mass is 344 g/mol. The molecule has 2 rings (SSSR count). The molecule has 0 bridgehead atoms. The topological polar surface area (TPSA) is 81.8 Å². The van der Waals surface area contributed by atoms with Crippen LogP contribution >= 0.6 is 11.6 Å². The van der Waals surface area contributed by atoms with E-state index in [0.717, 1.165) is 0 Å². The fraction of sp³-hybridized carbons (Fsp3) is 0.167. The van der Waals surface area contributed by atoms with Crippen molar-refractivity contribution in [2.45, 2.75) is 13.0 Å². The van der Waals surface area contributed by atoms with Crippen molar-refractivity contribution in [2.75, 3.05) is 5.88 Å². The Kier molecular flexibility index (Phi) is 6.09. The first-order chi connectivity index (χ1) is 11.5. The van der Waals surface area contributed by atoms with Gasteiger partial charge in [0.2, 0.25) is 5.78 Å². The molecule has 0 spiro atoms. The predicted octanol–water partition coefficient (Wildman–Crippen LogP) is 3.34. The number of aliphatic imine (C=N–C) groups is 1. The normalized spacial score (nSPS) is 12.5. The maximum atomic E-state index is 12.2. The van der Waals surface area contributed by atoms with Gasteiger partial charge >= 0.3 is 5.97 Å². The van der Waals surface area contributed by atoms with Gasteiger partial charge in [0.1, 0.15) is 5.84 Å². The molecule has 0 fully saturated rings. The summed E-state index contributed by atoms with van der Waals surface area (Å²) in [7, 11) is 0. The highest BCUT2D eigenvalue weighted by Gasteiger charge is 2.20. The summed E-state index contributed by atoms with van der Waals surface area (Å²) in [5.41, 5.74) is 6.95. The summed E-state index contributed by atoms with van der Waals surface area (Å²) in [5, 5.41) is 0. The van der Waals surface area contributed by atoms with Crippen molar-refractivity contribution in [3.8, 4) is 0 Å². The number of nitrogens with two attached hydrogens (primary N) is 1. The van der Waals surface area contributed by atoms with Gasteiger partial charge in [0.05, 0.1) is 17.1 Å². The van der Waals surface area contributed by atoms with Gasteiger partial charge in [0.25, 0.3) is 0 Å². The van der Waals surface area contributed by atoms with Gasteiger partial charge in [-0.1, -0.05) is 30.3 Å². The number of amidine groups is 1. The lowest BCUT2D eigenvalue weighted by Gasteiger charge is -2.12. The molecule has 24 heavy (non-hydrogen) atoms. The number of Topliss-reactive ketones (excluding diaryl/α,β-unsaturated/α-hetero) is 1. The van der Waals surface area contributed by atoms with Crippen LogP contribution in [0.25, 0.3) is 0 Å². The van der Waals surface area contributed by atoms with Crippen molar-refractivity contribution in [3.63, 3.8) is 0 Å². The maximum absolute atomic E-state index is 12.2. The Morgan fingerprint density at radius 1 is 1.08 bits per heavy atom. The van der Waals surface area contributed by atoms with Crippen molar-refractivity contribution in [2.24, 2.45) is 10.7 Å². The van der Waals surface area contributed by atoms with E-state index in [9.17, 15) is 9.59 Å². The molecular weight excluding hydrogens is 328 g/mol. The van der Waals surface area contributed by atoms with Gasteiger partial charge in [0, 0.05) is 5.56 Å². The average Bonchev–Trinajstić information content (AvgIpc) is 2.62. The quantitative estimate of drug-likeness (QED) is 0.286. The van der Waals surface area contributed by atoms with Gasteiger partial charge < -0.3 is 10.5 Å². The third-order valence-corrected chi connectivity index (χ3v) is 3.50. The Morgan fingerprint density at radius 2 is 1.71 bits per heavy atom. The summed E-state index contributed by atoms with van der Waals surface area (Å²) in [4.78, 5) is 28.4. The Bertz CT molecular complexity index is 743. The Labute approximate surface area is 145 Å². The van der Waals surface area contributed by atoms with Crippen molar-refractivity contribution >= 4 is 34.9 Å². The van der Waals surface area contributed by atoms with Crippen LogP contribution in [0.2, 0.25) is 0 Å². The summed E-state index contributed by atoms with van der Waals surface area (Å²) in [6.45, 7) is 1.55. The van der Waals surface area contributed by atoms with E-state index in [0.29, 0.717) is 16.8 Å². The Hall–Kier alpha value is -2.66. The van der Waals surface area contributed by atoms with Crippen LogP contribution in [0.4, 0.5) is 5.69 Å². The molecule has 1 unspecified atom stereocenters. The molecule has 0 radical (unpaired) electrons. The lowest BCUT2D eigenvalue weighted by Crippen LogP contribution is -2.24. The van der Waals surface area contributed by atoms with Crippen molar-refractivity contribution < 1.29 is 14.3 Å². The van der Waals surface area contributed by atoms with E-state index < -0.39 is 12.1 Å². The molecule has 0 aliphatic heterocycles. The van der Waals surface area contributed by atoms with Gasteiger partial charge in [0.15, 0.2) is 6.10 Å². The number of hydrogen-bond acceptors (Lipinski definition) is 4. The number of carbonyl (C=O) groups excluding carboxylic acids is 2. The minimum atomic E-state index is -0.871. The second-order valence-corrected chi connectivity index (χ2v) is 5.33. The van der Waals surface area contributed by atoms with Gasteiger partial charge in [-0.2, -0.15) is 0 Å². The second-order valence-electron chi connectivity index (χ2n) is 5.06. The molecule has 124 valence electrons. The van der Waals surface area contributed by atoms with Crippen molar-refractivity contribution in [3.05, 3.63) is 65.7 Å². The van der Waals surface area contributed by atoms with E-state index in [1.54, 1.807) is 55.5 Å². The molecule has 6 heteroatoms. The van der Waals surface area contributed by atoms with Crippen molar-refractivity contribution in [1.82, 2.24) is 0 Å². The first-order valence-electron chi connectivity index (χ1n) is 7.30.